The fourth-order valence-electron chi connectivity index (χ4n) is 3.63. The van der Waals surface area contributed by atoms with Gasteiger partial charge in [0.1, 0.15) is 0 Å². The summed E-state index contributed by atoms with van der Waals surface area (Å²) >= 11 is 0. The normalized spacial score (nSPS) is 36.8. The molecule has 0 spiro atoms. The maximum atomic E-state index is 6.40. The Morgan fingerprint density at radius 3 is 2.56 bits per heavy atom. The van der Waals surface area contributed by atoms with Crippen LogP contribution in [0.1, 0.15) is 39.5 Å². The lowest BCUT2D eigenvalue weighted by Crippen LogP contribution is -2.52. The van der Waals surface area contributed by atoms with Crippen molar-refractivity contribution in [3.8, 4) is 0 Å². The number of hydrogen-bond donors (Lipinski definition) is 1. The second kappa shape index (κ2) is 6.36. The molecule has 3 atom stereocenters. The van der Waals surface area contributed by atoms with E-state index < -0.39 is 0 Å². The molecule has 3 nitrogen and oxygen atoms in total. The van der Waals surface area contributed by atoms with Gasteiger partial charge in [-0.1, -0.05) is 13.8 Å². The topological polar surface area (TPSA) is 32.5 Å². The van der Waals surface area contributed by atoms with Crippen molar-refractivity contribution in [3.05, 3.63) is 0 Å². The van der Waals surface area contributed by atoms with E-state index in [2.05, 4.69) is 30.7 Å². The zero-order valence-electron chi connectivity index (χ0n) is 12.4. The molecule has 2 fully saturated rings. The molecule has 0 radical (unpaired) electrons. The number of nitrogens with zero attached hydrogens (tertiary/aromatic N) is 2. The van der Waals surface area contributed by atoms with Crippen LogP contribution in [0.25, 0.3) is 0 Å². The van der Waals surface area contributed by atoms with Crippen LogP contribution in [-0.2, 0) is 0 Å². The summed E-state index contributed by atoms with van der Waals surface area (Å²) in [5, 5.41) is 0. The van der Waals surface area contributed by atoms with Crippen molar-refractivity contribution in [2.45, 2.75) is 51.6 Å². The zero-order valence-corrected chi connectivity index (χ0v) is 12.4. The smallest absolute Gasteiger partial charge is 0.0250 e. The van der Waals surface area contributed by atoms with Crippen LogP contribution >= 0.6 is 0 Å². The van der Waals surface area contributed by atoms with Gasteiger partial charge in [-0.05, 0) is 57.7 Å². The minimum Gasteiger partial charge on any atom is -0.326 e. The van der Waals surface area contributed by atoms with Gasteiger partial charge < -0.3 is 10.6 Å². The Balaban J connectivity index is 1.96. The maximum absolute atomic E-state index is 6.40. The summed E-state index contributed by atoms with van der Waals surface area (Å²) in [7, 11) is 2.24. The molecule has 2 aliphatic rings. The highest BCUT2D eigenvalue weighted by Gasteiger charge is 2.33. The second-order valence-corrected chi connectivity index (χ2v) is 6.74. The van der Waals surface area contributed by atoms with Gasteiger partial charge in [0, 0.05) is 25.2 Å². The monoisotopic (exact) mass is 253 g/mol. The zero-order chi connectivity index (χ0) is 13.1. The molecule has 3 unspecified atom stereocenters. The van der Waals surface area contributed by atoms with E-state index in [0.29, 0.717) is 12.1 Å². The van der Waals surface area contributed by atoms with Crippen LogP contribution in [0.5, 0.6) is 0 Å². The Labute approximate surface area is 113 Å². The third-order valence-corrected chi connectivity index (χ3v) is 5.08. The molecule has 0 aromatic heterocycles. The summed E-state index contributed by atoms with van der Waals surface area (Å²) in [4.78, 5) is 5.14. The maximum Gasteiger partial charge on any atom is 0.0250 e. The Kier molecular flexibility index (Phi) is 5.05. The lowest BCUT2D eigenvalue weighted by molar-refractivity contribution is 0.0999. The molecule has 2 N–H and O–H groups in total. The quantitative estimate of drug-likeness (QED) is 0.814. The predicted octanol–water partition coefficient (Wildman–Crippen LogP) is 1.78. The molecule has 1 heterocycles. The first-order valence-electron chi connectivity index (χ1n) is 7.76. The number of nitrogens with two attached hydrogens (primary N) is 1. The average molecular weight is 253 g/mol. The van der Waals surface area contributed by atoms with Crippen molar-refractivity contribution in [1.29, 1.82) is 0 Å². The number of likely N-dealkylation sites (N-methyl/N-ethyl adjacent to an activating group) is 1. The van der Waals surface area contributed by atoms with Gasteiger partial charge in [0.15, 0.2) is 0 Å². The van der Waals surface area contributed by atoms with Crippen molar-refractivity contribution >= 4 is 0 Å². The largest absolute Gasteiger partial charge is 0.326 e. The summed E-state index contributed by atoms with van der Waals surface area (Å²) in [6, 6.07) is 1.04. The highest BCUT2D eigenvalue weighted by Crippen LogP contribution is 2.32. The fraction of sp³-hybridized carbons (Fsp3) is 1.00. The van der Waals surface area contributed by atoms with Crippen molar-refractivity contribution in [2.75, 3.05) is 33.2 Å². The molecule has 1 saturated carbocycles. The summed E-state index contributed by atoms with van der Waals surface area (Å²) in [5.74, 6) is 1.70. The molecule has 1 saturated heterocycles. The third-order valence-electron chi connectivity index (χ3n) is 5.08. The molecule has 2 rings (SSSR count). The van der Waals surface area contributed by atoms with Crippen LogP contribution in [0.15, 0.2) is 0 Å². The van der Waals surface area contributed by atoms with E-state index in [1.165, 1.54) is 51.9 Å². The molecule has 0 bridgehead atoms. The van der Waals surface area contributed by atoms with Crippen LogP contribution in [0.4, 0.5) is 0 Å². The molecule has 1 aliphatic heterocycles. The standard InChI is InChI=1S/C15H31N3/c1-12(2)13-5-6-14(16)15(11-13)18-8-4-7-17(3)9-10-18/h12-15H,4-11,16H2,1-3H3. The summed E-state index contributed by atoms with van der Waals surface area (Å²) < 4.78 is 0. The van der Waals surface area contributed by atoms with Crippen molar-refractivity contribution in [2.24, 2.45) is 17.6 Å². The molecule has 0 amide bonds. The van der Waals surface area contributed by atoms with E-state index >= 15 is 0 Å². The Morgan fingerprint density at radius 1 is 1.06 bits per heavy atom. The molecular weight excluding hydrogens is 222 g/mol. The Bertz CT molecular complexity index is 254. The highest BCUT2D eigenvalue weighted by molar-refractivity contribution is 4.91. The van der Waals surface area contributed by atoms with E-state index in [9.17, 15) is 0 Å². The minimum absolute atomic E-state index is 0.406. The van der Waals surface area contributed by atoms with Gasteiger partial charge in [-0.15, -0.1) is 0 Å². The molecule has 1 aliphatic carbocycles. The number of hydrogen-bond acceptors (Lipinski definition) is 3. The van der Waals surface area contributed by atoms with Gasteiger partial charge >= 0.3 is 0 Å². The molecule has 0 aromatic rings. The highest BCUT2D eigenvalue weighted by atomic mass is 15.2. The Hall–Kier alpha value is -0.120. The lowest BCUT2D eigenvalue weighted by atomic mass is 9.76. The second-order valence-electron chi connectivity index (χ2n) is 6.74. The Morgan fingerprint density at radius 2 is 1.83 bits per heavy atom. The molecule has 106 valence electrons. The fourth-order valence-corrected chi connectivity index (χ4v) is 3.63. The van der Waals surface area contributed by atoms with Crippen LogP contribution in [0.3, 0.4) is 0 Å². The first-order valence-corrected chi connectivity index (χ1v) is 7.76. The molecule has 18 heavy (non-hydrogen) atoms. The van der Waals surface area contributed by atoms with Crippen LogP contribution in [-0.4, -0.2) is 55.1 Å². The van der Waals surface area contributed by atoms with Gasteiger partial charge in [-0.2, -0.15) is 0 Å². The summed E-state index contributed by atoms with van der Waals surface area (Å²) in [6.07, 6.45) is 5.18. The average Bonchev–Trinajstić information content (AvgIpc) is 2.54. The molecular formula is C15H31N3. The van der Waals surface area contributed by atoms with E-state index in [-0.39, 0.29) is 0 Å². The summed E-state index contributed by atoms with van der Waals surface area (Å²) in [6.45, 7) is 9.64. The number of rotatable bonds is 2. The van der Waals surface area contributed by atoms with Crippen molar-refractivity contribution < 1.29 is 0 Å². The minimum atomic E-state index is 0.406. The first-order chi connectivity index (χ1) is 8.58. The van der Waals surface area contributed by atoms with E-state index in [4.69, 9.17) is 5.73 Å². The van der Waals surface area contributed by atoms with Gasteiger partial charge in [-0.25, -0.2) is 0 Å². The van der Waals surface area contributed by atoms with E-state index in [1.807, 2.05) is 0 Å². The van der Waals surface area contributed by atoms with Crippen LogP contribution < -0.4 is 5.73 Å². The van der Waals surface area contributed by atoms with Gasteiger partial charge in [0.2, 0.25) is 0 Å². The summed E-state index contributed by atoms with van der Waals surface area (Å²) in [5.41, 5.74) is 6.40. The van der Waals surface area contributed by atoms with Crippen LogP contribution in [0.2, 0.25) is 0 Å². The van der Waals surface area contributed by atoms with E-state index in [0.717, 1.165) is 11.8 Å². The van der Waals surface area contributed by atoms with Gasteiger partial charge in [-0.3, -0.25) is 4.90 Å². The third kappa shape index (κ3) is 3.46. The van der Waals surface area contributed by atoms with Gasteiger partial charge in [0.05, 0.1) is 0 Å². The SMILES string of the molecule is CC(C)C1CCC(N)C(N2CCCN(C)CC2)C1. The first kappa shape index (κ1) is 14.3. The molecule has 3 heteroatoms. The van der Waals surface area contributed by atoms with Gasteiger partial charge in [0.25, 0.3) is 0 Å². The van der Waals surface area contributed by atoms with E-state index in [1.54, 1.807) is 0 Å². The van der Waals surface area contributed by atoms with Crippen LogP contribution in [0, 0.1) is 11.8 Å². The van der Waals surface area contributed by atoms with Crippen molar-refractivity contribution in [3.63, 3.8) is 0 Å². The van der Waals surface area contributed by atoms with Crippen molar-refractivity contribution in [1.82, 2.24) is 9.80 Å². The molecule has 0 aromatic carbocycles. The lowest BCUT2D eigenvalue weighted by Gasteiger charge is -2.42. The predicted molar refractivity (Wildman–Crippen MR) is 77.6 cm³/mol.